The second-order valence-electron chi connectivity index (χ2n) is 14.9. The summed E-state index contributed by atoms with van der Waals surface area (Å²) in [4.78, 5) is 60.7. The van der Waals surface area contributed by atoms with E-state index in [1.165, 1.54) is 0 Å². The lowest BCUT2D eigenvalue weighted by molar-refractivity contribution is -0.144. The first-order chi connectivity index (χ1) is 25.1. The lowest BCUT2D eigenvalue weighted by atomic mass is 9.83. The van der Waals surface area contributed by atoms with Crippen LogP contribution in [0.3, 0.4) is 0 Å². The molecule has 52 heavy (non-hydrogen) atoms. The highest BCUT2D eigenvalue weighted by Gasteiger charge is 2.37. The fraction of sp³-hybridized carbons (Fsp3) is 0.579. The fourth-order valence-electron chi connectivity index (χ4n) is 8.53. The third-order valence-corrected chi connectivity index (χ3v) is 11.5. The lowest BCUT2D eigenvalue weighted by Gasteiger charge is -2.42. The number of phenols is 1. The van der Waals surface area contributed by atoms with Crippen LogP contribution in [0.25, 0.3) is 0 Å². The zero-order valence-corrected chi connectivity index (χ0v) is 31.0. The molecule has 0 bridgehead atoms. The molecule has 1 atom stereocenters. The number of rotatable bonds is 9. The number of para-hydroxylation sites is 1. The molecule has 12 nitrogen and oxygen atoms in total. The van der Waals surface area contributed by atoms with Gasteiger partial charge >= 0.3 is 18.1 Å². The number of aromatic hydroxyl groups is 1. The summed E-state index contributed by atoms with van der Waals surface area (Å²) in [6.07, 6.45) is 5.27. The number of phenolic OH excluding ortho intramolecular Hbond substituents is 1. The minimum absolute atomic E-state index is 0.00245. The summed E-state index contributed by atoms with van der Waals surface area (Å²) in [5.74, 6) is 0.284. The number of esters is 1. The maximum atomic E-state index is 14.1. The van der Waals surface area contributed by atoms with Gasteiger partial charge in [-0.05, 0) is 85.9 Å². The molecule has 6 rings (SSSR count). The first kappa shape index (κ1) is 37.6. The van der Waals surface area contributed by atoms with E-state index in [-0.39, 0.29) is 36.1 Å². The Hall–Kier alpha value is -4.19. The van der Waals surface area contributed by atoms with E-state index < -0.39 is 12.2 Å². The quantitative estimate of drug-likeness (QED) is 0.293. The molecule has 2 saturated heterocycles. The van der Waals surface area contributed by atoms with Gasteiger partial charge in [-0.3, -0.25) is 14.5 Å². The summed E-state index contributed by atoms with van der Waals surface area (Å²) in [6.45, 7) is 6.33. The molecule has 0 spiro atoms. The average molecular weight is 713 g/mol. The molecule has 278 valence electrons. The van der Waals surface area contributed by atoms with Gasteiger partial charge in [0.2, 0.25) is 0 Å². The number of benzene rings is 2. The van der Waals surface area contributed by atoms with Gasteiger partial charge in [-0.25, -0.2) is 9.59 Å². The number of nitrogens with one attached hydrogen (secondary N) is 1. The SMILES string of the molecule is Bc1cc(C[C@@H](OC(=O)N2CCC(N3CCc4ccccc4NC3=O)CC2)C(=O)N2CCN(C3CCC(CC(=O)OCC)CC3)CC2)cc(B)c1O. The molecular formula is C38H53B2N5O7. The molecule has 2 aromatic rings. The number of ether oxygens (including phenoxy) is 2. The Kier molecular flexibility index (Phi) is 12.3. The van der Waals surface area contributed by atoms with Gasteiger partial charge in [-0.1, -0.05) is 30.3 Å². The van der Waals surface area contributed by atoms with E-state index in [1.807, 2.05) is 68.8 Å². The highest BCUT2D eigenvalue weighted by Crippen LogP contribution is 2.31. The van der Waals surface area contributed by atoms with Crippen molar-refractivity contribution >= 4 is 56.3 Å². The molecule has 2 N–H and O–H groups in total. The molecule has 3 aliphatic heterocycles. The van der Waals surface area contributed by atoms with E-state index in [2.05, 4.69) is 10.2 Å². The smallest absolute Gasteiger partial charge is 0.410 e. The van der Waals surface area contributed by atoms with Gasteiger partial charge in [0.15, 0.2) is 6.10 Å². The van der Waals surface area contributed by atoms with Crippen molar-refractivity contribution in [3.8, 4) is 5.75 Å². The van der Waals surface area contributed by atoms with Crippen LogP contribution >= 0.6 is 0 Å². The van der Waals surface area contributed by atoms with E-state index in [1.54, 1.807) is 4.90 Å². The largest absolute Gasteiger partial charge is 0.509 e. The molecule has 1 aliphatic carbocycles. The molecule has 0 aromatic heterocycles. The molecule has 4 aliphatic rings. The van der Waals surface area contributed by atoms with Gasteiger partial charge in [0, 0.05) is 76.4 Å². The van der Waals surface area contributed by atoms with E-state index in [4.69, 9.17) is 9.47 Å². The third kappa shape index (κ3) is 9.05. The summed E-state index contributed by atoms with van der Waals surface area (Å²) in [7, 11) is 3.65. The van der Waals surface area contributed by atoms with Crippen LogP contribution in [0.4, 0.5) is 15.3 Å². The number of anilines is 1. The van der Waals surface area contributed by atoms with Crippen molar-refractivity contribution in [3.05, 3.63) is 47.5 Å². The standard InChI is InChI=1S/C38H53B2N5O7/c1-2-51-34(46)24-25-7-9-28(10-8-25)42-17-19-43(20-18-42)36(48)33(23-26-21-30(39)35(47)31(40)22-26)52-38(50)44-14-12-29(13-15-44)45-16-11-27-5-3-4-6-32(27)41-37(45)49/h3-6,21-22,25,28-29,33,47H,2,7-20,23-24,39-40H2,1H3,(H,41,49)/t25?,28?,33-/m1/s1. The van der Waals surface area contributed by atoms with Gasteiger partial charge in [0.05, 0.1) is 6.61 Å². The van der Waals surface area contributed by atoms with E-state index in [0.29, 0.717) is 81.5 Å². The monoisotopic (exact) mass is 713 g/mol. The van der Waals surface area contributed by atoms with Crippen LogP contribution < -0.4 is 16.2 Å². The number of piperazine rings is 1. The van der Waals surface area contributed by atoms with Crippen molar-refractivity contribution < 1.29 is 33.8 Å². The summed E-state index contributed by atoms with van der Waals surface area (Å²) in [5.41, 5.74) is 4.21. The minimum atomic E-state index is -1.01. The van der Waals surface area contributed by atoms with Crippen LogP contribution in [-0.2, 0) is 31.9 Å². The topological polar surface area (TPSA) is 132 Å². The minimum Gasteiger partial charge on any atom is -0.509 e. The summed E-state index contributed by atoms with van der Waals surface area (Å²) in [6, 6.07) is 11.9. The van der Waals surface area contributed by atoms with Crippen LogP contribution in [0.15, 0.2) is 36.4 Å². The second kappa shape index (κ2) is 17.1. The third-order valence-electron chi connectivity index (χ3n) is 11.5. The van der Waals surface area contributed by atoms with Crippen molar-refractivity contribution in [2.75, 3.05) is 57.7 Å². The Balaban J connectivity index is 1.05. The van der Waals surface area contributed by atoms with Crippen molar-refractivity contribution in [2.45, 2.75) is 82.9 Å². The number of hydrogen-bond donors (Lipinski definition) is 2. The first-order valence-electron chi connectivity index (χ1n) is 19.2. The molecule has 2 aromatic carbocycles. The summed E-state index contributed by atoms with van der Waals surface area (Å²) < 4.78 is 11.2. The van der Waals surface area contributed by atoms with Crippen LogP contribution in [0.5, 0.6) is 5.75 Å². The Morgan fingerprint density at radius 3 is 2.23 bits per heavy atom. The van der Waals surface area contributed by atoms with Crippen LogP contribution in [0.2, 0.25) is 0 Å². The number of hydrogen-bond acceptors (Lipinski definition) is 8. The molecule has 1 saturated carbocycles. The number of piperidine rings is 1. The molecule has 0 unspecified atom stereocenters. The van der Waals surface area contributed by atoms with Crippen molar-refractivity contribution in [1.82, 2.24) is 19.6 Å². The number of amides is 4. The van der Waals surface area contributed by atoms with Gasteiger partial charge < -0.3 is 34.6 Å². The predicted molar refractivity (Wildman–Crippen MR) is 204 cm³/mol. The highest BCUT2D eigenvalue weighted by molar-refractivity contribution is 6.41. The van der Waals surface area contributed by atoms with E-state index in [0.717, 1.165) is 62.0 Å². The Morgan fingerprint density at radius 1 is 0.885 bits per heavy atom. The molecule has 3 heterocycles. The first-order valence-corrected chi connectivity index (χ1v) is 19.2. The number of fused-ring (bicyclic) bond motifs is 1. The normalized spacial score (nSPS) is 22.2. The number of carbonyl (C=O) groups excluding carboxylic acids is 4. The number of likely N-dealkylation sites (tertiary alicyclic amines) is 1. The zero-order chi connectivity index (χ0) is 36.8. The Morgan fingerprint density at radius 2 is 1.56 bits per heavy atom. The summed E-state index contributed by atoms with van der Waals surface area (Å²) >= 11 is 0. The molecule has 14 heteroatoms. The van der Waals surface area contributed by atoms with Crippen molar-refractivity contribution in [2.24, 2.45) is 5.92 Å². The zero-order valence-electron chi connectivity index (χ0n) is 31.0. The maximum Gasteiger partial charge on any atom is 0.410 e. The van der Waals surface area contributed by atoms with E-state index in [9.17, 15) is 24.3 Å². The summed E-state index contributed by atoms with van der Waals surface area (Å²) in [5, 5.41) is 13.4. The second-order valence-corrected chi connectivity index (χ2v) is 14.9. The van der Waals surface area contributed by atoms with Crippen LogP contribution in [0.1, 0.15) is 63.0 Å². The lowest BCUT2D eigenvalue weighted by Crippen LogP contribution is -2.55. The molecule has 3 fully saturated rings. The molecule has 0 radical (unpaired) electrons. The number of urea groups is 1. The van der Waals surface area contributed by atoms with Gasteiger partial charge in [0.25, 0.3) is 5.91 Å². The number of nitrogens with zero attached hydrogens (tertiary/aromatic N) is 4. The fourth-order valence-corrected chi connectivity index (χ4v) is 8.53. The maximum absolute atomic E-state index is 14.1. The van der Waals surface area contributed by atoms with Gasteiger partial charge in [-0.2, -0.15) is 0 Å². The van der Waals surface area contributed by atoms with E-state index >= 15 is 0 Å². The highest BCUT2D eigenvalue weighted by atomic mass is 16.6. The molecule has 4 amide bonds. The van der Waals surface area contributed by atoms with Gasteiger partial charge in [0.1, 0.15) is 21.4 Å². The molecular weight excluding hydrogens is 660 g/mol. The average Bonchev–Trinajstić information content (AvgIpc) is 3.31. The van der Waals surface area contributed by atoms with Gasteiger partial charge in [-0.15, -0.1) is 0 Å². The van der Waals surface area contributed by atoms with Crippen molar-refractivity contribution in [3.63, 3.8) is 0 Å². The number of carbonyl (C=O) groups is 4. The van der Waals surface area contributed by atoms with Crippen molar-refractivity contribution in [1.29, 1.82) is 0 Å². The van der Waals surface area contributed by atoms with Crippen LogP contribution in [-0.4, -0.2) is 135 Å². The van der Waals surface area contributed by atoms with Crippen LogP contribution in [0, 0.1) is 5.92 Å². The Bertz CT molecular complexity index is 1580. The predicted octanol–water partition coefficient (Wildman–Crippen LogP) is 1.17. The Labute approximate surface area is 309 Å².